The monoisotopic (exact) mass is 274 g/mol. The van der Waals surface area contributed by atoms with Crippen LogP contribution in [0.15, 0.2) is 0 Å². The Kier molecular flexibility index (Phi) is 3.36. The first-order chi connectivity index (χ1) is 9.79. The summed E-state index contributed by atoms with van der Waals surface area (Å²) in [6.07, 6.45) is 5.04. The molecule has 2 bridgehead atoms. The van der Waals surface area contributed by atoms with Gasteiger partial charge in [0.1, 0.15) is 5.69 Å². The number of fused-ring (bicyclic) bond motifs is 3. The van der Waals surface area contributed by atoms with Crippen LogP contribution < -0.4 is 4.74 Å². The fourth-order valence-corrected chi connectivity index (χ4v) is 3.61. The van der Waals surface area contributed by atoms with E-state index >= 15 is 0 Å². The molecule has 0 atom stereocenters. The molecular weight excluding hydrogens is 252 g/mol. The first-order valence-electron chi connectivity index (χ1n) is 7.59. The molecule has 0 saturated heterocycles. The molecule has 3 aliphatic rings. The Balaban J connectivity index is 0.000000581. The minimum atomic E-state index is 0.598. The normalized spacial score (nSPS) is 23.2. The van der Waals surface area contributed by atoms with Crippen molar-refractivity contribution in [1.82, 2.24) is 19.8 Å². The number of hydrogen-bond acceptors (Lipinski definition) is 4. The van der Waals surface area contributed by atoms with Crippen LogP contribution in [-0.4, -0.2) is 26.9 Å². The minimum absolute atomic E-state index is 0.598. The molecule has 1 fully saturated rings. The Hall–Kier alpha value is -1.65. The Bertz CT molecular complexity index is 626. The zero-order chi connectivity index (χ0) is 14.3. The zero-order valence-electron chi connectivity index (χ0n) is 12.7. The van der Waals surface area contributed by atoms with E-state index in [1.54, 1.807) is 7.11 Å². The summed E-state index contributed by atoms with van der Waals surface area (Å²) >= 11 is 0. The molecular formula is C15H22N4O. The first kappa shape index (κ1) is 13.3. The van der Waals surface area contributed by atoms with Gasteiger partial charge in [0.05, 0.1) is 12.8 Å². The van der Waals surface area contributed by atoms with Gasteiger partial charge in [0.15, 0.2) is 5.65 Å². The van der Waals surface area contributed by atoms with E-state index in [0.29, 0.717) is 11.8 Å². The highest BCUT2D eigenvalue weighted by atomic mass is 16.5. The summed E-state index contributed by atoms with van der Waals surface area (Å²) in [7, 11) is 1.71. The highest BCUT2D eigenvalue weighted by Crippen LogP contribution is 2.51. The number of ether oxygens (including phenoxy) is 1. The average Bonchev–Trinajstić information content (AvgIpc) is 2.91. The smallest absolute Gasteiger partial charge is 0.220 e. The fourth-order valence-electron chi connectivity index (χ4n) is 3.61. The average molecular weight is 274 g/mol. The van der Waals surface area contributed by atoms with Crippen LogP contribution in [0.25, 0.3) is 5.65 Å². The van der Waals surface area contributed by atoms with Crippen molar-refractivity contribution in [3.05, 3.63) is 17.0 Å². The van der Waals surface area contributed by atoms with Gasteiger partial charge in [0.25, 0.3) is 0 Å². The summed E-state index contributed by atoms with van der Waals surface area (Å²) in [5.74, 6) is 1.99. The Labute approximate surface area is 119 Å². The molecule has 0 radical (unpaired) electrons. The van der Waals surface area contributed by atoms with E-state index in [1.807, 2.05) is 25.3 Å². The third kappa shape index (κ3) is 1.72. The lowest BCUT2D eigenvalue weighted by molar-refractivity contribution is 0.317. The maximum Gasteiger partial charge on any atom is 0.220 e. The molecule has 108 valence electrons. The van der Waals surface area contributed by atoms with Gasteiger partial charge in [-0.2, -0.15) is 9.50 Å². The van der Waals surface area contributed by atoms with Crippen LogP contribution in [0.4, 0.5) is 0 Å². The number of aromatic nitrogens is 4. The van der Waals surface area contributed by atoms with E-state index in [-0.39, 0.29) is 0 Å². The summed E-state index contributed by atoms with van der Waals surface area (Å²) in [4.78, 5) is 4.60. The van der Waals surface area contributed by atoms with Crippen LogP contribution in [0.3, 0.4) is 0 Å². The molecule has 5 heteroatoms. The first-order valence-corrected chi connectivity index (χ1v) is 7.59. The van der Waals surface area contributed by atoms with Crippen LogP contribution >= 0.6 is 0 Å². The summed E-state index contributed by atoms with van der Waals surface area (Å²) in [6, 6.07) is 0. The third-order valence-corrected chi connectivity index (χ3v) is 4.47. The topological polar surface area (TPSA) is 52.3 Å². The summed E-state index contributed by atoms with van der Waals surface area (Å²) in [6.45, 7) is 5.95. The van der Waals surface area contributed by atoms with Crippen molar-refractivity contribution in [2.75, 3.05) is 7.11 Å². The number of nitrogens with zero attached hydrogens (tertiary/aromatic N) is 4. The molecule has 2 aromatic heterocycles. The van der Waals surface area contributed by atoms with Crippen molar-refractivity contribution in [2.45, 2.75) is 58.3 Å². The van der Waals surface area contributed by atoms with Gasteiger partial charge in [-0.3, -0.25) is 0 Å². The van der Waals surface area contributed by atoms with Gasteiger partial charge in [0, 0.05) is 11.5 Å². The van der Waals surface area contributed by atoms with Crippen molar-refractivity contribution < 1.29 is 4.74 Å². The molecule has 0 amide bonds. The lowest BCUT2D eigenvalue weighted by Gasteiger charge is -2.38. The number of rotatable bonds is 1. The van der Waals surface area contributed by atoms with Gasteiger partial charge in [0.2, 0.25) is 5.88 Å². The van der Waals surface area contributed by atoms with Gasteiger partial charge < -0.3 is 4.74 Å². The predicted molar refractivity (Wildman–Crippen MR) is 77.4 cm³/mol. The maximum absolute atomic E-state index is 5.52. The van der Waals surface area contributed by atoms with Crippen molar-refractivity contribution in [2.24, 2.45) is 0 Å². The molecule has 3 aliphatic carbocycles. The molecule has 0 aromatic carbocycles. The highest BCUT2D eigenvalue weighted by molar-refractivity contribution is 5.52. The van der Waals surface area contributed by atoms with Gasteiger partial charge >= 0.3 is 0 Å². The maximum atomic E-state index is 5.52. The van der Waals surface area contributed by atoms with E-state index < -0.39 is 0 Å². The van der Waals surface area contributed by atoms with E-state index in [4.69, 9.17) is 4.74 Å². The molecule has 20 heavy (non-hydrogen) atoms. The molecule has 0 spiro atoms. The van der Waals surface area contributed by atoms with Crippen LogP contribution in [0.2, 0.25) is 0 Å². The van der Waals surface area contributed by atoms with Gasteiger partial charge in [-0.15, -0.1) is 5.10 Å². The second kappa shape index (κ2) is 5.04. The molecule has 0 N–H and O–H groups in total. The van der Waals surface area contributed by atoms with Gasteiger partial charge in [-0.25, -0.2) is 0 Å². The highest BCUT2D eigenvalue weighted by Gasteiger charge is 2.38. The van der Waals surface area contributed by atoms with E-state index in [0.717, 1.165) is 17.2 Å². The lowest BCUT2D eigenvalue weighted by Crippen LogP contribution is -2.26. The summed E-state index contributed by atoms with van der Waals surface area (Å²) in [5.41, 5.74) is 4.31. The molecule has 5 nitrogen and oxygen atoms in total. The van der Waals surface area contributed by atoms with E-state index in [2.05, 4.69) is 15.3 Å². The van der Waals surface area contributed by atoms with Crippen LogP contribution in [0, 0.1) is 6.92 Å². The Morgan fingerprint density at radius 2 is 1.75 bits per heavy atom. The van der Waals surface area contributed by atoms with E-state index in [9.17, 15) is 0 Å². The fraction of sp³-hybridized carbons (Fsp3) is 0.667. The van der Waals surface area contributed by atoms with Crippen LogP contribution in [0.5, 0.6) is 5.88 Å². The molecule has 2 heterocycles. The molecule has 1 saturated carbocycles. The third-order valence-electron chi connectivity index (χ3n) is 4.47. The molecule has 0 aliphatic heterocycles. The second-order valence-corrected chi connectivity index (χ2v) is 5.38. The lowest BCUT2D eigenvalue weighted by atomic mass is 9.69. The van der Waals surface area contributed by atoms with Crippen molar-refractivity contribution in [3.63, 3.8) is 0 Å². The molecule has 2 aromatic rings. The van der Waals surface area contributed by atoms with Crippen LogP contribution in [-0.2, 0) is 0 Å². The van der Waals surface area contributed by atoms with Crippen molar-refractivity contribution >= 4 is 5.65 Å². The molecule has 0 unspecified atom stereocenters. The Morgan fingerprint density at radius 3 is 2.40 bits per heavy atom. The Morgan fingerprint density at radius 1 is 1.10 bits per heavy atom. The van der Waals surface area contributed by atoms with Crippen LogP contribution in [0.1, 0.15) is 68.3 Å². The second-order valence-electron chi connectivity index (χ2n) is 5.38. The van der Waals surface area contributed by atoms with Crippen molar-refractivity contribution in [3.8, 4) is 5.88 Å². The van der Waals surface area contributed by atoms with Gasteiger partial charge in [-0.05, 0) is 38.5 Å². The number of aryl methyl sites for hydroxylation is 1. The summed E-state index contributed by atoms with van der Waals surface area (Å²) in [5, 5.41) is 8.43. The standard InChI is InChI=1S/C13H16N4O.C2H6/c1-7-12-14-13(18-2)10-8-3-5-9(6-4-8)11(10)17(12)16-15-7;1-2/h8-9H,3-6H2,1-2H3;1-2H3. The summed E-state index contributed by atoms with van der Waals surface area (Å²) < 4.78 is 7.47. The van der Waals surface area contributed by atoms with Crippen molar-refractivity contribution in [1.29, 1.82) is 0 Å². The minimum Gasteiger partial charge on any atom is -0.481 e. The predicted octanol–water partition coefficient (Wildman–Crippen LogP) is 3.22. The largest absolute Gasteiger partial charge is 0.481 e. The van der Waals surface area contributed by atoms with Gasteiger partial charge in [-0.1, -0.05) is 19.1 Å². The number of methoxy groups -OCH3 is 1. The molecule has 5 rings (SSSR count). The quantitative estimate of drug-likeness (QED) is 0.801. The van der Waals surface area contributed by atoms with E-state index in [1.165, 1.54) is 36.9 Å². The SMILES string of the molecule is CC.COc1nc2c(C)nnn2c2c1C1CCC2CC1. The zero-order valence-corrected chi connectivity index (χ0v) is 12.7. The number of hydrogen-bond donors (Lipinski definition) is 0.